The number of guanidine groups is 1. The van der Waals surface area contributed by atoms with Crippen LogP contribution in [-0.2, 0) is 4.74 Å². The van der Waals surface area contributed by atoms with Crippen molar-refractivity contribution >= 4 is 11.6 Å². The van der Waals surface area contributed by atoms with Crippen molar-refractivity contribution in [2.45, 2.75) is 19.9 Å². The molecule has 0 amide bonds. The molecule has 7 heteroatoms. The summed E-state index contributed by atoms with van der Waals surface area (Å²) < 4.78 is 16.6. The molecule has 168 valence electrons. The molecule has 2 aromatic rings. The molecule has 1 atom stereocenters. The minimum absolute atomic E-state index is 0.204. The topological polar surface area (TPSA) is 67.4 Å². The second kappa shape index (κ2) is 12.2. The van der Waals surface area contributed by atoms with Gasteiger partial charge in [-0.2, -0.15) is 0 Å². The Morgan fingerprint density at radius 1 is 1.10 bits per heavy atom. The van der Waals surface area contributed by atoms with Crippen molar-refractivity contribution < 1.29 is 14.2 Å². The van der Waals surface area contributed by atoms with Gasteiger partial charge >= 0.3 is 0 Å². The fraction of sp³-hybridized carbons (Fsp3) is 0.458. The zero-order valence-corrected chi connectivity index (χ0v) is 18.8. The van der Waals surface area contributed by atoms with Crippen LogP contribution in [0.1, 0.15) is 25.5 Å². The van der Waals surface area contributed by atoms with Gasteiger partial charge in [-0.1, -0.05) is 30.3 Å². The normalized spacial score (nSPS) is 15.9. The number of ether oxygens (including phenoxy) is 3. The maximum absolute atomic E-state index is 5.70. The van der Waals surface area contributed by atoms with Crippen LogP contribution in [0.3, 0.4) is 0 Å². The molecule has 0 bridgehead atoms. The van der Waals surface area contributed by atoms with Crippen molar-refractivity contribution in [2.24, 2.45) is 4.99 Å². The first-order valence-corrected chi connectivity index (χ1v) is 11.0. The zero-order chi connectivity index (χ0) is 21.9. The average Bonchev–Trinajstić information content (AvgIpc) is 2.81. The van der Waals surface area contributed by atoms with Crippen molar-refractivity contribution in [3.8, 4) is 11.5 Å². The van der Waals surface area contributed by atoms with Crippen molar-refractivity contribution in [2.75, 3.05) is 58.4 Å². The summed E-state index contributed by atoms with van der Waals surface area (Å²) in [5.41, 5.74) is 2.17. The van der Waals surface area contributed by atoms with Crippen LogP contribution in [0.5, 0.6) is 11.5 Å². The van der Waals surface area contributed by atoms with Gasteiger partial charge < -0.3 is 24.8 Å². The summed E-state index contributed by atoms with van der Waals surface area (Å²) in [5.74, 6) is 2.16. The van der Waals surface area contributed by atoms with Gasteiger partial charge in [-0.3, -0.25) is 9.89 Å². The molecule has 0 radical (unpaired) electrons. The van der Waals surface area contributed by atoms with Gasteiger partial charge in [0.2, 0.25) is 0 Å². The number of morpholine rings is 1. The third-order valence-electron chi connectivity index (χ3n) is 5.16. The molecule has 1 aliphatic rings. The van der Waals surface area contributed by atoms with E-state index >= 15 is 0 Å². The molecule has 1 fully saturated rings. The van der Waals surface area contributed by atoms with Crippen molar-refractivity contribution in [3.63, 3.8) is 0 Å². The van der Waals surface area contributed by atoms with E-state index in [0.29, 0.717) is 24.7 Å². The third-order valence-corrected chi connectivity index (χ3v) is 5.16. The minimum atomic E-state index is 0.204. The molecule has 31 heavy (non-hydrogen) atoms. The predicted octanol–water partition coefficient (Wildman–Crippen LogP) is 3.54. The summed E-state index contributed by atoms with van der Waals surface area (Å²) in [6.45, 7) is 9.36. The molecule has 0 spiro atoms. The smallest absolute Gasteiger partial charge is 0.195 e. The predicted molar refractivity (Wildman–Crippen MR) is 125 cm³/mol. The van der Waals surface area contributed by atoms with Crippen LogP contribution in [0, 0.1) is 0 Å². The van der Waals surface area contributed by atoms with E-state index in [4.69, 9.17) is 19.2 Å². The lowest BCUT2D eigenvalue weighted by atomic mass is 10.1. The first-order valence-electron chi connectivity index (χ1n) is 11.0. The Balaban J connectivity index is 1.78. The molecule has 0 aromatic heterocycles. The van der Waals surface area contributed by atoms with Crippen molar-refractivity contribution in [1.82, 2.24) is 10.2 Å². The fourth-order valence-electron chi connectivity index (χ4n) is 3.64. The number of nitrogens with zero attached hydrogens (tertiary/aromatic N) is 2. The molecule has 7 nitrogen and oxygen atoms in total. The lowest BCUT2D eigenvalue weighted by Gasteiger charge is -2.34. The number of nitrogens with one attached hydrogen (secondary N) is 2. The van der Waals surface area contributed by atoms with Crippen LogP contribution in [0.15, 0.2) is 53.5 Å². The zero-order valence-electron chi connectivity index (χ0n) is 18.8. The Kier molecular flexibility index (Phi) is 8.99. The Hall–Kier alpha value is -2.77. The average molecular weight is 427 g/mol. The number of hydrogen-bond acceptors (Lipinski definition) is 5. The number of benzene rings is 2. The third kappa shape index (κ3) is 6.60. The van der Waals surface area contributed by atoms with Gasteiger partial charge in [0, 0.05) is 31.4 Å². The Morgan fingerprint density at radius 2 is 1.87 bits per heavy atom. The summed E-state index contributed by atoms with van der Waals surface area (Å²) in [4.78, 5) is 7.37. The van der Waals surface area contributed by atoms with Crippen molar-refractivity contribution in [1.29, 1.82) is 0 Å². The second-order valence-electron chi connectivity index (χ2n) is 7.22. The molecule has 1 aliphatic heterocycles. The van der Waals surface area contributed by atoms with Gasteiger partial charge in [0.1, 0.15) is 0 Å². The molecule has 3 rings (SSSR count). The van der Waals surface area contributed by atoms with Gasteiger partial charge in [-0.15, -0.1) is 0 Å². The molecule has 0 saturated carbocycles. The summed E-state index contributed by atoms with van der Waals surface area (Å²) in [6, 6.07) is 16.6. The summed E-state index contributed by atoms with van der Waals surface area (Å²) >= 11 is 0. The SMILES string of the molecule is CCNC(=NCC(c1ccccc1)N1CCOCC1)Nc1ccc(OC)c(OCC)c1. The first-order chi connectivity index (χ1) is 15.2. The molecule has 2 N–H and O–H groups in total. The van der Waals surface area contributed by atoms with Gasteiger partial charge in [0.15, 0.2) is 17.5 Å². The molecular weight excluding hydrogens is 392 g/mol. The maximum atomic E-state index is 5.70. The Morgan fingerprint density at radius 3 is 2.55 bits per heavy atom. The fourth-order valence-corrected chi connectivity index (χ4v) is 3.64. The highest BCUT2D eigenvalue weighted by atomic mass is 16.5. The van der Waals surface area contributed by atoms with Crippen LogP contribution in [0.4, 0.5) is 5.69 Å². The van der Waals surface area contributed by atoms with E-state index in [-0.39, 0.29) is 6.04 Å². The van der Waals surface area contributed by atoms with Crippen LogP contribution in [0.2, 0.25) is 0 Å². The largest absolute Gasteiger partial charge is 0.493 e. The monoisotopic (exact) mass is 426 g/mol. The number of methoxy groups -OCH3 is 1. The maximum Gasteiger partial charge on any atom is 0.195 e. The molecule has 1 heterocycles. The number of aliphatic imine (C=N–C) groups is 1. The van der Waals surface area contributed by atoms with Gasteiger partial charge in [0.05, 0.1) is 39.5 Å². The lowest BCUT2D eigenvalue weighted by molar-refractivity contribution is 0.0180. The minimum Gasteiger partial charge on any atom is -0.493 e. The molecule has 2 aromatic carbocycles. The van der Waals surface area contributed by atoms with Gasteiger partial charge in [-0.25, -0.2) is 0 Å². The molecule has 1 saturated heterocycles. The Labute approximate surface area is 185 Å². The lowest BCUT2D eigenvalue weighted by Crippen LogP contribution is -2.40. The van der Waals surface area contributed by atoms with Crippen LogP contribution >= 0.6 is 0 Å². The number of hydrogen-bond donors (Lipinski definition) is 2. The van der Waals surface area contributed by atoms with E-state index in [1.54, 1.807) is 7.11 Å². The Bertz CT molecular complexity index is 823. The number of anilines is 1. The quantitative estimate of drug-likeness (QED) is 0.472. The van der Waals surface area contributed by atoms with E-state index in [2.05, 4.69) is 52.8 Å². The molecule has 0 aliphatic carbocycles. The highest BCUT2D eigenvalue weighted by Crippen LogP contribution is 2.30. The van der Waals surface area contributed by atoms with Crippen LogP contribution < -0.4 is 20.1 Å². The van der Waals surface area contributed by atoms with Gasteiger partial charge in [0.25, 0.3) is 0 Å². The van der Waals surface area contributed by atoms with E-state index in [1.807, 2.05) is 25.1 Å². The van der Waals surface area contributed by atoms with Crippen LogP contribution in [-0.4, -0.2) is 64.0 Å². The second-order valence-corrected chi connectivity index (χ2v) is 7.22. The summed E-state index contributed by atoms with van der Waals surface area (Å²) in [7, 11) is 1.64. The van der Waals surface area contributed by atoms with E-state index in [0.717, 1.165) is 44.5 Å². The standard InChI is InChI=1S/C24H34N4O3/c1-4-25-24(27-20-11-12-22(29-3)23(17-20)31-5-2)26-18-21(19-9-7-6-8-10-19)28-13-15-30-16-14-28/h6-12,17,21H,4-5,13-16,18H2,1-3H3,(H2,25,26,27). The van der Waals surface area contributed by atoms with E-state index in [1.165, 1.54) is 5.56 Å². The highest BCUT2D eigenvalue weighted by Gasteiger charge is 2.22. The molecular formula is C24H34N4O3. The first kappa shape index (κ1) is 22.9. The van der Waals surface area contributed by atoms with E-state index in [9.17, 15) is 0 Å². The number of rotatable bonds is 9. The van der Waals surface area contributed by atoms with Crippen molar-refractivity contribution in [3.05, 3.63) is 54.1 Å². The summed E-state index contributed by atoms with van der Waals surface area (Å²) in [5, 5.41) is 6.74. The van der Waals surface area contributed by atoms with Gasteiger partial charge in [-0.05, 0) is 31.5 Å². The van der Waals surface area contributed by atoms with E-state index < -0.39 is 0 Å². The molecule has 1 unspecified atom stereocenters. The summed E-state index contributed by atoms with van der Waals surface area (Å²) in [6.07, 6.45) is 0. The van der Waals surface area contributed by atoms with Crippen LogP contribution in [0.25, 0.3) is 0 Å². The highest BCUT2D eigenvalue weighted by molar-refractivity contribution is 5.94.